The molecule has 2 atom stereocenters. The smallest absolute Gasteiger partial charge is 0.338 e. The molecule has 0 saturated heterocycles. The zero-order chi connectivity index (χ0) is 30.3. The van der Waals surface area contributed by atoms with Gasteiger partial charge in [0.1, 0.15) is 11.6 Å². The molecule has 218 valence electrons. The number of carbonyl (C=O) groups is 4. The Kier molecular flexibility index (Phi) is 10.6. The predicted molar refractivity (Wildman–Crippen MR) is 150 cm³/mol. The van der Waals surface area contributed by atoms with Crippen LogP contribution in [0.2, 0.25) is 0 Å². The number of carbonyl (C=O) groups excluding carboxylic acids is 3. The van der Waals surface area contributed by atoms with E-state index in [1.807, 2.05) is 41.5 Å². The van der Waals surface area contributed by atoms with Crippen molar-refractivity contribution in [3.63, 3.8) is 0 Å². The number of hydrogen-bond acceptors (Lipinski definition) is 8. The topological polar surface area (TPSA) is 142 Å². The third-order valence-electron chi connectivity index (χ3n) is 5.72. The fourth-order valence-corrected chi connectivity index (χ4v) is 3.99. The largest absolute Gasteiger partial charge is 0.480 e. The molecular weight excluding hydrogens is 514 g/mol. The Balaban J connectivity index is 2.29. The predicted octanol–water partition coefficient (Wildman–Crippen LogP) is 5.33. The number of benzene rings is 2. The highest BCUT2D eigenvalue weighted by Crippen LogP contribution is 2.33. The first-order valence-electron chi connectivity index (χ1n) is 13.2. The van der Waals surface area contributed by atoms with Crippen LogP contribution in [-0.4, -0.2) is 40.6 Å². The molecule has 3 N–H and O–H groups in total. The van der Waals surface area contributed by atoms with Gasteiger partial charge in [0.15, 0.2) is 11.5 Å². The van der Waals surface area contributed by atoms with Gasteiger partial charge in [-0.1, -0.05) is 65.8 Å². The van der Waals surface area contributed by atoms with E-state index in [1.165, 1.54) is 12.1 Å². The molecule has 0 aliphatic rings. The normalized spacial score (nSPS) is 14.0. The summed E-state index contributed by atoms with van der Waals surface area (Å²) in [7, 11) is 0. The van der Waals surface area contributed by atoms with Crippen LogP contribution in [0.25, 0.3) is 0 Å². The monoisotopic (exact) mass is 555 g/mol. The molecule has 0 aromatic heterocycles. The first-order valence-corrected chi connectivity index (χ1v) is 13.2. The Labute approximate surface area is 236 Å². The summed E-state index contributed by atoms with van der Waals surface area (Å²) in [6.07, 6.45) is -0.921. The third kappa shape index (κ3) is 10.8. The number of carboxylic acids is 1. The van der Waals surface area contributed by atoms with E-state index >= 15 is 0 Å². The second-order valence-corrected chi connectivity index (χ2v) is 12.6. The molecule has 0 saturated carbocycles. The number of hydrogen-bond donors (Lipinski definition) is 2. The Hall–Kier alpha value is -3.72. The van der Waals surface area contributed by atoms with Crippen LogP contribution in [0.1, 0.15) is 83.7 Å². The maximum Gasteiger partial charge on any atom is 0.338 e. The highest BCUT2D eigenvalue weighted by molar-refractivity contribution is 5.89. The Bertz CT molecular complexity index is 1210. The molecule has 2 aromatic carbocycles. The van der Waals surface area contributed by atoms with Gasteiger partial charge in [-0.15, -0.1) is 0 Å². The zero-order valence-electron chi connectivity index (χ0n) is 24.4. The van der Waals surface area contributed by atoms with Crippen LogP contribution in [0, 0.1) is 10.8 Å². The Morgan fingerprint density at radius 2 is 1.35 bits per heavy atom. The van der Waals surface area contributed by atoms with Crippen LogP contribution >= 0.6 is 0 Å². The van der Waals surface area contributed by atoms with Crippen molar-refractivity contribution in [3.05, 3.63) is 59.7 Å². The lowest BCUT2D eigenvalue weighted by Crippen LogP contribution is -2.52. The number of carboxylic acid groups (broad SMARTS) is 1. The standard InChI is InChI=1S/C31H41NO8/c1-20(38-27(35)22-11-9-8-10-12-22)16-31(32,28(36)37)17-21-13-14-23(39-25(33)18-29(2,3)4)24(15-21)40-26(34)19-30(5,6)7/h8-15,20H,16-19,32H2,1-7H3,(H,36,37)/t20-,31?/m0/s1. The van der Waals surface area contributed by atoms with Crippen molar-refractivity contribution in [3.8, 4) is 11.5 Å². The van der Waals surface area contributed by atoms with Gasteiger partial charge in [0.05, 0.1) is 18.4 Å². The molecule has 0 amide bonds. The van der Waals surface area contributed by atoms with Crippen LogP contribution in [-0.2, 0) is 25.5 Å². The van der Waals surface area contributed by atoms with Crippen molar-refractivity contribution in [1.29, 1.82) is 0 Å². The second-order valence-electron chi connectivity index (χ2n) is 12.6. The minimum atomic E-state index is -1.81. The fraction of sp³-hybridized carbons (Fsp3) is 0.484. The Morgan fingerprint density at radius 3 is 1.85 bits per heavy atom. The lowest BCUT2D eigenvalue weighted by molar-refractivity contribution is -0.144. The molecule has 0 aliphatic heterocycles. The van der Waals surface area contributed by atoms with E-state index < -0.39 is 35.5 Å². The summed E-state index contributed by atoms with van der Waals surface area (Å²) >= 11 is 0. The number of rotatable bonds is 11. The van der Waals surface area contributed by atoms with Gasteiger partial charge in [-0.05, 0) is 47.6 Å². The summed E-state index contributed by atoms with van der Waals surface area (Å²) in [5.41, 5.74) is 4.62. The first-order chi connectivity index (χ1) is 18.4. The van der Waals surface area contributed by atoms with Crippen LogP contribution in [0.5, 0.6) is 11.5 Å². The lowest BCUT2D eigenvalue weighted by atomic mass is 9.86. The molecule has 0 aliphatic carbocycles. The van der Waals surface area contributed by atoms with E-state index in [0.29, 0.717) is 11.1 Å². The van der Waals surface area contributed by atoms with Crippen molar-refractivity contribution in [2.45, 2.75) is 85.8 Å². The molecule has 0 spiro atoms. The molecule has 9 heteroatoms. The zero-order valence-corrected chi connectivity index (χ0v) is 24.4. The van der Waals surface area contributed by atoms with Gasteiger partial charge in [-0.2, -0.15) is 0 Å². The minimum absolute atomic E-state index is 0.00898. The maximum absolute atomic E-state index is 12.6. The molecule has 2 aromatic rings. The van der Waals surface area contributed by atoms with Gasteiger partial charge in [-0.3, -0.25) is 14.4 Å². The van der Waals surface area contributed by atoms with Crippen molar-refractivity contribution in [1.82, 2.24) is 0 Å². The van der Waals surface area contributed by atoms with Gasteiger partial charge in [-0.25, -0.2) is 4.79 Å². The van der Waals surface area contributed by atoms with Crippen molar-refractivity contribution in [2.75, 3.05) is 0 Å². The lowest BCUT2D eigenvalue weighted by Gasteiger charge is -2.28. The summed E-state index contributed by atoms with van der Waals surface area (Å²) in [5.74, 6) is -2.87. The van der Waals surface area contributed by atoms with Crippen LogP contribution in [0.3, 0.4) is 0 Å². The maximum atomic E-state index is 12.6. The van der Waals surface area contributed by atoms with Crippen molar-refractivity contribution in [2.24, 2.45) is 16.6 Å². The summed E-state index contributed by atoms with van der Waals surface area (Å²) < 4.78 is 16.5. The quantitative estimate of drug-likeness (QED) is 0.278. The number of nitrogens with two attached hydrogens (primary N) is 1. The van der Waals surface area contributed by atoms with Gasteiger partial charge in [0.2, 0.25) is 0 Å². The summed E-state index contributed by atoms with van der Waals surface area (Å²) in [6.45, 7) is 12.9. The molecular formula is C31H41NO8. The summed E-state index contributed by atoms with van der Waals surface area (Å²) in [4.78, 5) is 49.8. The van der Waals surface area contributed by atoms with Crippen LogP contribution in [0.15, 0.2) is 48.5 Å². The average Bonchev–Trinajstić information content (AvgIpc) is 2.78. The number of ether oxygens (including phenoxy) is 3. The van der Waals surface area contributed by atoms with Crippen molar-refractivity contribution >= 4 is 23.9 Å². The SMILES string of the molecule is C[C@@H](CC(N)(Cc1ccc(OC(=O)CC(C)(C)C)c(OC(=O)CC(C)(C)C)c1)C(=O)O)OC(=O)c1ccccc1. The molecule has 9 nitrogen and oxygen atoms in total. The molecule has 0 bridgehead atoms. The molecule has 0 fully saturated rings. The van der Waals surface area contributed by atoms with E-state index in [2.05, 4.69) is 0 Å². The summed E-state index contributed by atoms with van der Waals surface area (Å²) in [5, 5.41) is 10.00. The number of esters is 3. The minimum Gasteiger partial charge on any atom is -0.480 e. The van der Waals surface area contributed by atoms with Gasteiger partial charge >= 0.3 is 23.9 Å². The van der Waals surface area contributed by atoms with Gasteiger partial charge in [0.25, 0.3) is 0 Å². The van der Waals surface area contributed by atoms with E-state index in [1.54, 1.807) is 43.3 Å². The van der Waals surface area contributed by atoms with E-state index in [4.69, 9.17) is 19.9 Å². The molecule has 2 rings (SSSR count). The van der Waals surface area contributed by atoms with Crippen LogP contribution < -0.4 is 15.2 Å². The van der Waals surface area contributed by atoms with E-state index in [-0.39, 0.29) is 48.0 Å². The fourth-order valence-electron chi connectivity index (χ4n) is 3.99. The summed E-state index contributed by atoms with van der Waals surface area (Å²) in [6, 6.07) is 12.8. The number of aliphatic carboxylic acids is 1. The van der Waals surface area contributed by atoms with Gasteiger partial charge < -0.3 is 25.1 Å². The first kappa shape index (κ1) is 32.5. The average molecular weight is 556 g/mol. The van der Waals surface area contributed by atoms with Gasteiger partial charge in [0, 0.05) is 12.8 Å². The second kappa shape index (κ2) is 13.1. The highest BCUT2D eigenvalue weighted by atomic mass is 16.6. The van der Waals surface area contributed by atoms with E-state index in [0.717, 1.165) is 0 Å². The molecule has 0 radical (unpaired) electrons. The molecule has 1 unspecified atom stereocenters. The van der Waals surface area contributed by atoms with Crippen molar-refractivity contribution < 1.29 is 38.5 Å². The highest BCUT2D eigenvalue weighted by Gasteiger charge is 2.37. The van der Waals surface area contributed by atoms with E-state index in [9.17, 15) is 24.3 Å². The Morgan fingerprint density at radius 1 is 0.825 bits per heavy atom. The third-order valence-corrected chi connectivity index (χ3v) is 5.72. The molecule has 0 heterocycles. The van der Waals surface area contributed by atoms with Crippen LogP contribution in [0.4, 0.5) is 0 Å². The molecule has 40 heavy (non-hydrogen) atoms.